The number of anilines is 2. The number of hydrogen-bond donors (Lipinski definition) is 3. The summed E-state index contributed by atoms with van der Waals surface area (Å²) in [6, 6.07) is 11.6. The van der Waals surface area contributed by atoms with E-state index in [9.17, 15) is 9.59 Å². The van der Waals surface area contributed by atoms with Gasteiger partial charge in [0, 0.05) is 5.69 Å². The summed E-state index contributed by atoms with van der Waals surface area (Å²) < 4.78 is 0. The number of carbonyl (C=O) groups is 2. The normalized spacial score (nSPS) is 14.2. The first-order valence-corrected chi connectivity index (χ1v) is 9.19. The molecule has 29 heavy (non-hydrogen) atoms. The van der Waals surface area contributed by atoms with Gasteiger partial charge in [-0.1, -0.05) is 29.8 Å². The summed E-state index contributed by atoms with van der Waals surface area (Å²) in [6.07, 6.45) is 0. The third-order valence-electron chi connectivity index (χ3n) is 5.05. The van der Waals surface area contributed by atoms with E-state index in [2.05, 4.69) is 9.97 Å². The molecule has 8 heteroatoms. The minimum absolute atomic E-state index is 0.0240. The largest absolute Gasteiger partial charge is 0.364 e. The molecule has 0 unspecified atom stereocenters. The van der Waals surface area contributed by atoms with Gasteiger partial charge in [-0.25, -0.2) is 4.98 Å². The molecule has 2 amide bonds. The number of amides is 2. The van der Waals surface area contributed by atoms with Crippen LogP contribution in [-0.4, -0.2) is 28.5 Å². The number of imidazole rings is 1. The summed E-state index contributed by atoms with van der Waals surface area (Å²) in [5.74, 6) is -1.05. The Bertz CT molecular complexity index is 1140. The van der Waals surface area contributed by atoms with Gasteiger partial charge in [0.05, 0.1) is 11.0 Å². The third-order valence-corrected chi connectivity index (χ3v) is 5.05. The molecular formula is C21H22N6O2. The van der Waals surface area contributed by atoms with Gasteiger partial charge in [-0.2, -0.15) is 0 Å². The number of nitrogens with two attached hydrogens (primary N) is 2. The summed E-state index contributed by atoms with van der Waals surface area (Å²) in [5.41, 5.74) is 16.9. The van der Waals surface area contributed by atoms with E-state index in [0.717, 1.165) is 33.4 Å². The topological polar surface area (TPSA) is 121 Å². The van der Waals surface area contributed by atoms with Crippen molar-refractivity contribution in [1.82, 2.24) is 9.97 Å². The van der Waals surface area contributed by atoms with Crippen molar-refractivity contribution >= 4 is 34.5 Å². The van der Waals surface area contributed by atoms with Gasteiger partial charge in [0.2, 0.25) is 5.95 Å². The van der Waals surface area contributed by atoms with E-state index in [4.69, 9.17) is 11.5 Å². The Labute approximate surface area is 167 Å². The molecule has 5 N–H and O–H groups in total. The number of para-hydroxylation sites is 2. The van der Waals surface area contributed by atoms with Crippen LogP contribution in [0.5, 0.6) is 0 Å². The highest BCUT2D eigenvalue weighted by molar-refractivity contribution is 6.09. The van der Waals surface area contributed by atoms with Crippen LogP contribution in [0.4, 0.5) is 11.6 Å². The molecule has 4 rings (SSSR count). The Balaban J connectivity index is 1.91. The molecule has 0 atom stereocenters. The number of benzene rings is 2. The average Bonchev–Trinajstić information content (AvgIpc) is 3.22. The first-order chi connectivity index (χ1) is 13.8. The molecule has 0 fully saturated rings. The molecule has 0 radical (unpaired) electrons. The molecule has 0 aliphatic carbocycles. The fourth-order valence-corrected chi connectivity index (χ4v) is 4.06. The van der Waals surface area contributed by atoms with Crippen molar-refractivity contribution in [1.29, 1.82) is 0 Å². The molecule has 1 aliphatic heterocycles. The zero-order chi connectivity index (χ0) is 20.9. The number of aryl methyl sites for hydroxylation is 3. The van der Waals surface area contributed by atoms with Gasteiger partial charge in [0.15, 0.2) is 0 Å². The molecule has 2 heterocycles. The minimum Gasteiger partial charge on any atom is -0.364 e. The molecule has 8 nitrogen and oxygen atoms in total. The lowest BCUT2D eigenvalue weighted by Crippen LogP contribution is -2.33. The average molecular weight is 390 g/mol. The second-order valence-corrected chi connectivity index (χ2v) is 7.25. The van der Waals surface area contributed by atoms with E-state index >= 15 is 0 Å². The molecule has 0 saturated carbocycles. The Hall–Kier alpha value is -3.81. The fourth-order valence-electron chi connectivity index (χ4n) is 4.06. The maximum atomic E-state index is 12.4. The Morgan fingerprint density at radius 2 is 1.55 bits per heavy atom. The second kappa shape index (κ2) is 6.66. The van der Waals surface area contributed by atoms with Crippen molar-refractivity contribution in [2.75, 3.05) is 16.5 Å². The lowest BCUT2D eigenvalue weighted by molar-refractivity contribution is -0.117. The van der Waals surface area contributed by atoms with Crippen LogP contribution < -0.4 is 21.3 Å². The lowest BCUT2D eigenvalue weighted by Gasteiger charge is -2.25. The van der Waals surface area contributed by atoms with Crippen LogP contribution in [0, 0.1) is 20.8 Å². The molecule has 148 valence electrons. The third kappa shape index (κ3) is 2.98. The van der Waals surface area contributed by atoms with Crippen LogP contribution in [-0.2, 0) is 9.59 Å². The van der Waals surface area contributed by atoms with Gasteiger partial charge >= 0.3 is 0 Å². The molecule has 1 aliphatic rings. The summed E-state index contributed by atoms with van der Waals surface area (Å²) in [4.78, 5) is 35.8. The molecule has 3 aromatic rings. The van der Waals surface area contributed by atoms with Crippen molar-refractivity contribution < 1.29 is 9.59 Å². The van der Waals surface area contributed by atoms with E-state index < -0.39 is 11.8 Å². The maximum absolute atomic E-state index is 12.4. The number of carbonyl (C=O) groups excluding carboxylic acids is 2. The number of H-pyrrole nitrogens is 1. The molecule has 0 bridgehead atoms. The lowest BCUT2D eigenvalue weighted by atomic mass is 10.0. The number of fused-ring (bicyclic) bond motifs is 1. The summed E-state index contributed by atoms with van der Waals surface area (Å²) in [5, 5.41) is 0. The number of primary amides is 2. The van der Waals surface area contributed by atoms with Crippen LogP contribution in [0.1, 0.15) is 16.7 Å². The molecular weight excluding hydrogens is 368 g/mol. The second-order valence-electron chi connectivity index (χ2n) is 7.25. The summed E-state index contributed by atoms with van der Waals surface area (Å²) in [6.45, 7) is 6.11. The first kappa shape index (κ1) is 18.5. The van der Waals surface area contributed by atoms with Crippen molar-refractivity contribution in [3.63, 3.8) is 0 Å². The molecule has 2 aromatic carbocycles. The predicted molar refractivity (Wildman–Crippen MR) is 112 cm³/mol. The van der Waals surface area contributed by atoms with Gasteiger partial charge in [0.25, 0.3) is 11.8 Å². The molecule has 0 spiro atoms. The zero-order valence-electron chi connectivity index (χ0n) is 16.5. The highest BCUT2D eigenvalue weighted by atomic mass is 16.2. The number of nitrogens with zero attached hydrogens (tertiary/aromatic N) is 3. The zero-order valence-corrected chi connectivity index (χ0v) is 16.5. The Morgan fingerprint density at radius 1 is 0.966 bits per heavy atom. The van der Waals surface area contributed by atoms with Crippen LogP contribution >= 0.6 is 0 Å². The van der Waals surface area contributed by atoms with E-state index in [0.29, 0.717) is 5.95 Å². The first-order valence-electron chi connectivity index (χ1n) is 9.19. The number of hydrogen-bond acceptors (Lipinski definition) is 5. The van der Waals surface area contributed by atoms with Crippen molar-refractivity contribution in [3.05, 3.63) is 64.5 Å². The quantitative estimate of drug-likeness (QED) is 0.629. The van der Waals surface area contributed by atoms with E-state index in [1.165, 1.54) is 0 Å². The van der Waals surface area contributed by atoms with Gasteiger partial charge in [-0.15, -0.1) is 0 Å². The number of aromatic amines is 1. The predicted octanol–water partition coefficient (Wildman–Crippen LogP) is 1.95. The molecule has 1 aromatic heterocycles. The fraction of sp³-hybridized carbons (Fsp3) is 0.190. The van der Waals surface area contributed by atoms with Crippen LogP contribution in [0.2, 0.25) is 0 Å². The standard InChI is InChI=1S/C21H22N6O2/c1-11-8-12(2)16(13(3)9-11)26-10-27(18(20(23)29)17(26)19(22)28)21-24-14-6-4-5-7-15(14)25-21/h4-9H,10H2,1-3H3,(H2,22,28)(H2,23,29)(H,24,25). The maximum Gasteiger partial charge on any atom is 0.267 e. The van der Waals surface area contributed by atoms with Gasteiger partial charge in [-0.3, -0.25) is 14.5 Å². The SMILES string of the molecule is Cc1cc(C)c(N2CN(c3nc4ccccc4[nH]3)C(C(N)=O)=C2C(N)=O)c(C)c1. The van der Waals surface area contributed by atoms with Gasteiger partial charge in [0.1, 0.15) is 18.1 Å². The Kier molecular flexibility index (Phi) is 4.26. The van der Waals surface area contributed by atoms with Crippen LogP contribution in [0.15, 0.2) is 47.8 Å². The monoisotopic (exact) mass is 390 g/mol. The highest BCUT2D eigenvalue weighted by Crippen LogP contribution is 2.36. The van der Waals surface area contributed by atoms with E-state index in [-0.39, 0.29) is 18.1 Å². The number of rotatable bonds is 4. The smallest absolute Gasteiger partial charge is 0.267 e. The summed E-state index contributed by atoms with van der Waals surface area (Å²) in [7, 11) is 0. The van der Waals surface area contributed by atoms with Crippen LogP contribution in [0.25, 0.3) is 11.0 Å². The van der Waals surface area contributed by atoms with Crippen LogP contribution in [0.3, 0.4) is 0 Å². The van der Waals surface area contributed by atoms with E-state index in [1.54, 1.807) is 9.80 Å². The highest BCUT2D eigenvalue weighted by Gasteiger charge is 2.39. The van der Waals surface area contributed by atoms with Gasteiger partial charge in [-0.05, 0) is 44.0 Å². The molecule has 0 saturated heterocycles. The summed E-state index contributed by atoms with van der Waals surface area (Å²) >= 11 is 0. The van der Waals surface area contributed by atoms with E-state index in [1.807, 2.05) is 57.2 Å². The Morgan fingerprint density at radius 3 is 2.14 bits per heavy atom. The number of aromatic nitrogens is 2. The van der Waals surface area contributed by atoms with Crippen molar-refractivity contribution in [3.8, 4) is 0 Å². The minimum atomic E-state index is -0.746. The van der Waals surface area contributed by atoms with Crippen molar-refractivity contribution in [2.45, 2.75) is 20.8 Å². The number of nitrogens with one attached hydrogen (secondary N) is 1. The van der Waals surface area contributed by atoms with Gasteiger partial charge < -0.3 is 21.4 Å². The van der Waals surface area contributed by atoms with Crippen molar-refractivity contribution in [2.24, 2.45) is 11.5 Å².